The molecule has 0 spiro atoms. The second-order valence-electron chi connectivity index (χ2n) is 6.43. The van der Waals surface area contributed by atoms with Gasteiger partial charge in [-0.3, -0.25) is 9.48 Å². The van der Waals surface area contributed by atoms with Crippen molar-refractivity contribution in [2.24, 2.45) is 7.05 Å². The summed E-state index contributed by atoms with van der Waals surface area (Å²) in [7, 11) is 1.76. The first-order valence-electron chi connectivity index (χ1n) is 8.88. The normalized spacial score (nSPS) is 10.8. The molecule has 0 saturated heterocycles. The van der Waals surface area contributed by atoms with Crippen LogP contribution in [-0.2, 0) is 13.5 Å². The number of aryl methyl sites for hydroxylation is 2. The summed E-state index contributed by atoms with van der Waals surface area (Å²) in [5.74, 6) is 0.859. The van der Waals surface area contributed by atoms with Gasteiger partial charge in [-0.1, -0.05) is 53.7 Å². The predicted octanol–water partition coefficient (Wildman–Crippen LogP) is 3.62. The van der Waals surface area contributed by atoms with Gasteiger partial charge in [0.15, 0.2) is 5.82 Å². The lowest BCUT2D eigenvalue weighted by molar-refractivity contribution is 0.101. The molecule has 0 unspecified atom stereocenters. The summed E-state index contributed by atoms with van der Waals surface area (Å²) in [4.78, 5) is 17.1. The van der Waals surface area contributed by atoms with E-state index in [4.69, 9.17) is 4.52 Å². The number of rotatable bonds is 5. The Morgan fingerprint density at radius 1 is 1.11 bits per heavy atom. The fourth-order valence-electron chi connectivity index (χ4n) is 2.99. The number of hydrogen-bond acceptors (Lipinski definition) is 5. The number of anilines is 1. The second-order valence-corrected chi connectivity index (χ2v) is 6.43. The average molecular weight is 373 g/mol. The van der Waals surface area contributed by atoms with Crippen LogP contribution in [0.1, 0.15) is 27.8 Å². The Morgan fingerprint density at radius 3 is 2.61 bits per heavy atom. The van der Waals surface area contributed by atoms with E-state index in [0.29, 0.717) is 29.5 Å². The lowest BCUT2D eigenvalue weighted by Gasteiger charge is -2.09. The van der Waals surface area contributed by atoms with Crippen LogP contribution in [0.15, 0.2) is 65.2 Å². The highest BCUT2D eigenvalue weighted by molar-refractivity contribution is 6.04. The Kier molecular flexibility index (Phi) is 4.72. The third-order valence-corrected chi connectivity index (χ3v) is 4.36. The van der Waals surface area contributed by atoms with Crippen molar-refractivity contribution in [1.29, 1.82) is 0 Å². The van der Waals surface area contributed by atoms with Gasteiger partial charge in [-0.05, 0) is 24.6 Å². The highest BCUT2D eigenvalue weighted by Crippen LogP contribution is 2.22. The molecule has 2 aromatic heterocycles. The smallest absolute Gasteiger partial charge is 0.273 e. The van der Waals surface area contributed by atoms with Gasteiger partial charge in [-0.25, -0.2) is 0 Å². The van der Waals surface area contributed by atoms with Gasteiger partial charge in [0.25, 0.3) is 5.91 Å². The highest BCUT2D eigenvalue weighted by Gasteiger charge is 2.16. The van der Waals surface area contributed by atoms with Gasteiger partial charge in [0.05, 0.1) is 12.1 Å². The van der Waals surface area contributed by atoms with E-state index in [1.807, 2.05) is 54.6 Å². The summed E-state index contributed by atoms with van der Waals surface area (Å²) < 4.78 is 6.78. The molecule has 0 fully saturated rings. The van der Waals surface area contributed by atoms with E-state index in [9.17, 15) is 4.79 Å². The van der Waals surface area contributed by atoms with Crippen LogP contribution < -0.4 is 5.32 Å². The van der Waals surface area contributed by atoms with Crippen molar-refractivity contribution in [3.8, 4) is 11.3 Å². The summed E-state index contributed by atoms with van der Waals surface area (Å²) in [6.45, 7) is 1.77. The molecule has 0 aliphatic rings. The van der Waals surface area contributed by atoms with Gasteiger partial charge in [-0.2, -0.15) is 10.1 Å². The summed E-state index contributed by atoms with van der Waals surface area (Å²) in [5, 5.41) is 11.2. The highest BCUT2D eigenvalue weighted by atomic mass is 16.5. The summed E-state index contributed by atoms with van der Waals surface area (Å²) in [6, 6.07) is 19.1. The Morgan fingerprint density at radius 2 is 1.86 bits per heavy atom. The van der Waals surface area contributed by atoms with E-state index >= 15 is 0 Å². The molecule has 7 heteroatoms. The van der Waals surface area contributed by atoms with Crippen LogP contribution in [0.25, 0.3) is 11.3 Å². The lowest BCUT2D eigenvalue weighted by atomic mass is 10.1. The summed E-state index contributed by atoms with van der Waals surface area (Å²) in [6.07, 6.45) is 0.442. The molecule has 4 rings (SSSR count). The number of hydrogen-bond donors (Lipinski definition) is 1. The van der Waals surface area contributed by atoms with Gasteiger partial charge >= 0.3 is 0 Å². The Hall–Kier alpha value is -3.74. The van der Waals surface area contributed by atoms with Crippen LogP contribution in [0.2, 0.25) is 0 Å². The maximum Gasteiger partial charge on any atom is 0.273 e. The molecule has 0 saturated carbocycles. The molecule has 2 aromatic carbocycles. The zero-order valence-electron chi connectivity index (χ0n) is 15.6. The maximum atomic E-state index is 12.9. The van der Waals surface area contributed by atoms with Crippen LogP contribution in [0, 0.1) is 6.92 Å². The van der Waals surface area contributed by atoms with Gasteiger partial charge < -0.3 is 9.84 Å². The summed E-state index contributed by atoms with van der Waals surface area (Å²) in [5.41, 5.74) is 3.78. The topological polar surface area (TPSA) is 85.8 Å². The van der Waals surface area contributed by atoms with Crippen molar-refractivity contribution in [2.45, 2.75) is 13.3 Å². The standard InChI is InChI=1S/C21H19N5O2/c1-14-22-20(28-25-14)12-16-10-6-7-11-17(16)23-21(27)19-13-18(24-26(19)2)15-8-4-3-5-9-15/h3-11,13H,12H2,1-2H3,(H,23,27). The number of amides is 1. The second kappa shape index (κ2) is 7.48. The van der Waals surface area contributed by atoms with Crippen molar-refractivity contribution < 1.29 is 9.32 Å². The fraction of sp³-hybridized carbons (Fsp3) is 0.143. The molecule has 0 radical (unpaired) electrons. The van der Waals surface area contributed by atoms with Crippen molar-refractivity contribution in [3.05, 3.63) is 83.6 Å². The van der Waals surface area contributed by atoms with E-state index in [1.165, 1.54) is 0 Å². The number of benzene rings is 2. The van der Waals surface area contributed by atoms with Crippen LogP contribution in [0.5, 0.6) is 0 Å². The molecule has 0 aliphatic heterocycles. The first kappa shape index (κ1) is 17.7. The van der Waals surface area contributed by atoms with E-state index in [-0.39, 0.29) is 5.91 Å². The Balaban J connectivity index is 1.57. The number of carbonyl (C=O) groups is 1. The van der Waals surface area contributed by atoms with Gasteiger partial charge in [0, 0.05) is 18.3 Å². The molecule has 4 aromatic rings. The molecule has 1 N–H and O–H groups in total. The number of para-hydroxylation sites is 1. The molecule has 0 bridgehead atoms. The largest absolute Gasteiger partial charge is 0.339 e. The first-order valence-corrected chi connectivity index (χ1v) is 8.88. The molecule has 2 heterocycles. The van der Waals surface area contributed by atoms with Gasteiger partial charge in [-0.15, -0.1) is 0 Å². The van der Waals surface area contributed by atoms with Crippen molar-refractivity contribution in [1.82, 2.24) is 19.9 Å². The Labute approximate surface area is 162 Å². The van der Waals surface area contributed by atoms with E-state index in [1.54, 1.807) is 24.7 Å². The molecule has 28 heavy (non-hydrogen) atoms. The maximum absolute atomic E-state index is 12.9. The lowest BCUT2D eigenvalue weighted by Crippen LogP contribution is -2.17. The zero-order chi connectivity index (χ0) is 19.5. The van der Waals surface area contributed by atoms with Crippen LogP contribution in [0.4, 0.5) is 5.69 Å². The third-order valence-electron chi connectivity index (χ3n) is 4.36. The SMILES string of the molecule is Cc1noc(Cc2ccccc2NC(=O)c2cc(-c3ccccc3)nn2C)n1. The molecular weight excluding hydrogens is 354 g/mol. The first-order chi connectivity index (χ1) is 13.6. The average Bonchev–Trinajstić information content (AvgIpc) is 3.29. The van der Waals surface area contributed by atoms with E-state index in [0.717, 1.165) is 16.8 Å². The van der Waals surface area contributed by atoms with Crippen LogP contribution in [-0.4, -0.2) is 25.8 Å². The van der Waals surface area contributed by atoms with E-state index < -0.39 is 0 Å². The molecule has 0 aliphatic carbocycles. The van der Waals surface area contributed by atoms with Crippen LogP contribution >= 0.6 is 0 Å². The zero-order valence-corrected chi connectivity index (χ0v) is 15.6. The third kappa shape index (κ3) is 3.68. The minimum atomic E-state index is -0.230. The van der Waals surface area contributed by atoms with Crippen molar-refractivity contribution in [3.63, 3.8) is 0 Å². The van der Waals surface area contributed by atoms with Crippen molar-refractivity contribution in [2.75, 3.05) is 5.32 Å². The van der Waals surface area contributed by atoms with E-state index in [2.05, 4.69) is 20.6 Å². The van der Waals surface area contributed by atoms with Gasteiger partial charge in [0.2, 0.25) is 5.89 Å². The molecule has 7 nitrogen and oxygen atoms in total. The molecule has 0 atom stereocenters. The number of nitrogens with one attached hydrogen (secondary N) is 1. The minimum Gasteiger partial charge on any atom is -0.339 e. The van der Waals surface area contributed by atoms with Crippen molar-refractivity contribution >= 4 is 11.6 Å². The molecular formula is C21H19N5O2. The fourth-order valence-corrected chi connectivity index (χ4v) is 2.99. The van der Waals surface area contributed by atoms with Gasteiger partial charge in [0.1, 0.15) is 5.69 Å². The minimum absolute atomic E-state index is 0.230. The Bertz CT molecular complexity index is 1110. The number of nitrogens with zero attached hydrogens (tertiary/aromatic N) is 4. The number of carbonyl (C=O) groups excluding carboxylic acids is 1. The van der Waals surface area contributed by atoms with Crippen LogP contribution in [0.3, 0.4) is 0 Å². The predicted molar refractivity (Wildman–Crippen MR) is 105 cm³/mol. The number of aromatic nitrogens is 4. The molecule has 1 amide bonds. The quantitative estimate of drug-likeness (QED) is 0.577. The monoisotopic (exact) mass is 373 g/mol. The summed E-state index contributed by atoms with van der Waals surface area (Å²) >= 11 is 0. The molecule has 140 valence electrons.